The van der Waals surface area contributed by atoms with Gasteiger partial charge in [-0.05, 0) is 56.9 Å². The smallest absolute Gasteiger partial charge is 0.0386 e. The fraction of sp³-hybridized carbons (Fsp3) is 0.500. The molecule has 1 aromatic heterocycles. The Hall–Kier alpha value is -0.900. The van der Waals surface area contributed by atoms with Crippen molar-refractivity contribution < 1.29 is 0 Å². The highest BCUT2D eigenvalue weighted by Gasteiger charge is 2.20. The monoisotopic (exact) mass is 274 g/mol. The van der Waals surface area contributed by atoms with Crippen LogP contribution in [0.4, 0.5) is 0 Å². The van der Waals surface area contributed by atoms with E-state index in [-0.39, 0.29) is 0 Å². The Bertz CT molecular complexity index is 515. The molecule has 1 aromatic carbocycles. The lowest BCUT2D eigenvalue weighted by molar-refractivity contribution is 0.382. The number of benzene rings is 1. The quantitative estimate of drug-likeness (QED) is 0.918. The predicted octanol–water partition coefficient (Wildman–Crippen LogP) is 3.50. The van der Waals surface area contributed by atoms with E-state index in [9.17, 15) is 0 Å². The molecule has 3 heteroatoms. The van der Waals surface area contributed by atoms with Crippen molar-refractivity contribution in [3.05, 3.63) is 35.2 Å². The highest BCUT2D eigenvalue weighted by atomic mass is 32.1. The molecule has 0 aliphatic carbocycles. The summed E-state index contributed by atoms with van der Waals surface area (Å²) < 4.78 is 1.40. The second-order valence-corrected chi connectivity index (χ2v) is 6.85. The summed E-state index contributed by atoms with van der Waals surface area (Å²) in [5, 5.41) is 5.08. The third-order valence-corrected chi connectivity index (χ3v) is 5.37. The summed E-state index contributed by atoms with van der Waals surface area (Å²) >= 11 is 1.92. The Morgan fingerprint density at radius 3 is 3.00 bits per heavy atom. The van der Waals surface area contributed by atoms with Crippen LogP contribution in [0, 0.1) is 5.92 Å². The average molecular weight is 274 g/mol. The van der Waals surface area contributed by atoms with Gasteiger partial charge in [0.25, 0.3) is 0 Å². The number of fused-ring (bicyclic) bond motifs is 1. The standard InChI is InChI=1S/C16H22N2S/c1-12(17-10-13-7-8-18(2)11-13)16-9-14-5-3-4-6-15(14)19-16/h3-6,9,12-13,17H,7-8,10-11H2,1-2H3. The maximum atomic E-state index is 3.71. The molecule has 0 saturated carbocycles. The van der Waals surface area contributed by atoms with E-state index in [0.717, 1.165) is 12.5 Å². The molecular formula is C16H22N2S. The summed E-state index contributed by atoms with van der Waals surface area (Å²) in [6, 6.07) is 11.4. The van der Waals surface area contributed by atoms with Crippen LogP contribution in [0.15, 0.2) is 30.3 Å². The third-order valence-electron chi connectivity index (χ3n) is 4.07. The first-order chi connectivity index (χ1) is 9.22. The summed E-state index contributed by atoms with van der Waals surface area (Å²) in [4.78, 5) is 3.88. The van der Waals surface area contributed by atoms with Crippen LogP contribution >= 0.6 is 11.3 Å². The van der Waals surface area contributed by atoms with Crippen molar-refractivity contribution in [3.8, 4) is 0 Å². The first-order valence-corrected chi connectivity index (χ1v) is 7.94. The molecule has 1 aliphatic heterocycles. The normalized spacial score (nSPS) is 22.1. The van der Waals surface area contributed by atoms with E-state index in [1.807, 2.05) is 11.3 Å². The number of thiophene rings is 1. The van der Waals surface area contributed by atoms with Crippen molar-refractivity contribution >= 4 is 21.4 Å². The van der Waals surface area contributed by atoms with Crippen LogP contribution in [-0.2, 0) is 0 Å². The molecule has 19 heavy (non-hydrogen) atoms. The van der Waals surface area contributed by atoms with Gasteiger partial charge in [-0.2, -0.15) is 0 Å². The molecule has 1 N–H and O–H groups in total. The molecule has 0 radical (unpaired) electrons. The molecular weight excluding hydrogens is 252 g/mol. The molecule has 2 aromatic rings. The van der Waals surface area contributed by atoms with Crippen molar-refractivity contribution in [3.63, 3.8) is 0 Å². The lowest BCUT2D eigenvalue weighted by Crippen LogP contribution is -2.27. The van der Waals surface area contributed by atoms with E-state index < -0.39 is 0 Å². The van der Waals surface area contributed by atoms with E-state index in [0.29, 0.717) is 6.04 Å². The highest BCUT2D eigenvalue weighted by Crippen LogP contribution is 2.29. The summed E-state index contributed by atoms with van der Waals surface area (Å²) in [5.41, 5.74) is 0. The van der Waals surface area contributed by atoms with Gasteiger partial charge in [0.2, 0.25) is 0 Å². The summed E-state index contributed by atoms with van der Waals surface area (Å²) in [7, 11) is 2.22. The molecule has 1 aliphatic rings. The number of hydrogen-bond donors (Lipinski definition) is 1. The van der Waals surface area contributed by atoms with Crippen LogP contribution in [0.1, 0.15) is 24.3 Å². The SMILES string of the molecule is CC(NCC1CCN(C)C1)c1cc2ccccc2s1. The molecule has 2 heterocycles. The topological polar surface area (TPSA) is 15.3 Å². The molecule has 2 nitrogen and oxygen atoms in total. The molecule has 0 amide bonds. The predicted molar refractivity (Wildman–Crippen MR) is 83.8 cm³/mol. The molecule has 3 rings (SSSR count). The van der Waals surface area contributed by atoms with Gasteiger partial charge in [0, 0.05) is 22.2 Å². The Labute approximate surface area is 119 Å². The zero-order valence-electron chi connectivity index (χ0n) is 11.7. The van der Waals surface area contributed by atoms with E-state index in [4.69, 9.17) is 0 Å². The summed E-state index contributed by atoms with van der Waals surface area (Å²) in [5.74, 6) is 0.821. The Balaban J connectivity index is 1.61. The minimum atomic E-state index is 0.461. The van der Waals surface area contributed by atoms with Gasteiger partial charge in [0.05, 0.1) is 0 Å². The van der Waals surface area contributed by atoms with Gasteiger partial charge in [0.1, 0.15) is 0 Å². The van der Waals surface area contributed by atoms with Gasteiger partial charge in [-0.1, -0.05) is 18.2 Å². The van der Waals surface area contributed by atoms with Gasteiger partial charge in [-0.15, -0.1) is 11.3 Å². The van der Waals surface area contributed by atoms with Crippen molar-refractivity contribution in [1.29, 1.82) is 0 Å². The average Bonchev–Trinajstić information content (AvgIpc) is 3.01. The molecule has 1 fully saturated rings. The minimum Gasteiger partial charge on any atom is -0.309 e. The number of likely N-dealkylation sites (tertiary alicyclic amines) is 1. The van der Waals surface area contributed by atoms with Crippen LogP contribution < -0.4 is 5.32 Å². The third kappa shape index (κ3) is 2.99. The number of hydrogen-bond acceptors (Lipinski definition) is 3. The van der Waals surface area contributed by atoms with Crippen LogP contribution in [0.25, 0.3) is 10.1 Å². The van der Waals surface area contributed by atoms with E-state index in [1.165, 1.54) is 34.5 Å². The molecule has 0 spiro atoms. The van der Waals surface area contributed by atoms with Gasteiger partial charge in [-0.25, -0.2) is 0 Å². The maximum absolute atomic E-state index is 3.71. The first kappa shape index (κ1) is 13.1. The van der Waals surface area contributed by atoms with E-state index in [1.54, 1.807) is 0 Å². The fourth-order valence-electron chi connectivity index (χ4n) is 2.85. The summed E-state index contributed by atoms with van der Waals surface area (Å²) in [6.45, 7) is 5.92. The van der Waals surface area contributed by atoms with Crippen molar-refractivity contribution in [2.24, 2.45) is 5.92 Å². The van der Waals surface area contributed by atoms with Crippen LogP contribution in [0.3, 0.4) is 0 Å². The van der Waals surface area contributed by atoms with Crippen molar-refractivity contribution in [1.82, 2.24) is 10.2 Å². The van der Waals surface area contributed by atoms with Crippen molar-refractivity contribution in [2.75, 3.05) is 26.7 Å². The zero-order valence-corrected chi connectivity index (χ0v) is 12.5. The number of nitrogens with zero attached hydrogens (tertiary/aromatic N) is 1. The molecule has 0 bridgehead atoms. The van der Waals surface area contributed by atoms with Gasteiger partial charge < -0.3 is 10.2 Å². The van der Waals surface area contributed by atoms with Gasteiger partial charge in [-0.3, -0.25) is 0 Å². The lowest BCUT2D eigenvalue weighted by Gasteiger charge is -2.16. The van der Waals surface area contributed by atoms with Crippen molar-refractivity contribution in [2.45, 2.75) is 19.4 Å². The lowest BCUT2D eigenvalue weighted by atomic mass is 10.1. The van der Waals surface area contributed by atoms with Crippen LogP contribution in [0.5, 0.6) is 0 Å². The maximum Gasteiger partial charge on any atom is 0.0386 e. The minimum absolute atomic E-state index is 0.461. The van der Waals surface area contributed by atoms with Gasteiger partial charge in [0.15, 0.2) is 0 Å². The fourth-order valence-corrected chi connectivity index (χ4v) is 3.94. The van der Waals surface area contributed by atoms with E-state index >= 15 is 0 Å². The Morgan fingerprint density at radius 1 is 1.42 bits per heavy atom. The summed E-state index contributed by atoms with van der Waals surface area (Å²) in [6.07, 6.45) is 1.34. The zero-order chi connectivity index (χ0) is 13.2. The van der Waals surface area contributed by atoms with Crippen LogP contribution in [-0.4, -0.2) is 31.6 Å². The number of rotatable bonds is 4. The molecule has 1 saturated heterocycles. The largest absolute Gasteiger partial charge is 0.309 e. The highest BCUT2D eigenvalue weighted by molar-refractivity contribution is 7.19. The molecule has 2 unspecified atom stereocenters. The van der Waals surface area contributed by atoms with E-state index in [2.05, 4.69) is 54.5 Å². The van der Waals surface area contributed by atoms with Crippen LogP contribution in [0.2, 0.25) is 0 Å². The Kier molecular flexibility index (Phi) is 3.87. The molecule has 2 atom stereocenters. The second kappa shape index (κ2) is 5.61. The van der Waals surface area contributed by atoms with Gasteiger partial charge >= 0.3 is 0 Å². The first-order valence-electron chi connectivity index (χ1n) is 7.13. The second-order valence-electron chi connectivity index (χ2n) is 5.73. The number of nitrogens with one attached hydrogen (secondary N) is 1. The molecule has 102 valence electrons. The Morgan fingerprint density at radius 2 is 2.26 bits per heavy atom.